The summed E-state index contributed by atoms with van der Waals surface area (Å²) in [6, 6.07) is 17.7. The van der Waals surface area contributed by atoms with Gasteiger partial charge in [0.25, 0.3) is 0 Å². The predicted molar refractivity (Wildman–Crippen MR) is 124 cm³/mol. The maximum Gasteiger partial charge on any atom is 0.140 e. The summed E-state index contributed by atoms with van der Waals surface area (Å²) in [6.45, 7) is 9.03. The molecule has 3 rings (SSSR count). The molecule has 0 aliphatic heterocycles. The zero-order chi connectivity index (χ0) is 20.5. The van der Waals surface area contributed by atoms with Crippen LogP contribution >= 0.6 is 0 Å². The molecule has 0 unspecified atom stereocenters. The number of aromatic nitrogens is 2. The van der Waals surface area contributed by atoms with Gasteiger partial charge in [-0.3, -0.25) is 0 Å². The Morgan fingerprint density at radius 3 is 2.38 bits per heavy atom. The van der Waals surface area contributed by atoms with Gasteiger partial charge in [0.1, 0.15) is 5.82 Å². The van der Waals surface area contributed by atoms with Crippen LogP contribution in [0.15, 0.2) is 67.4 Å². The Balaban J connectivity index is 1.73. The van der Waals surface area contributed by atoms with Gasteiger partial charge < -0.3 is 4.57 Å². The van der Waals surface area contributed by atoms with Gasteiger partial charge in [-0.15, -0.1) is 6.58 Å². The van der Waals surface area contributed by atoms with E-state index >= 15 is 0 Å². The molecule has 2 heteroatoms. The fraction of sp³-hybridized carbons (Fsp3) is 0.370. The summed E-state index contributed by atoms with van der Waals surface area (Å²) < 4.78 is 2.35. The third-order valence-electron chi connectivity index (χ3n) is 5.73. The second-order valence-electron chi connectivity index (χ2n) is 7.87. The molecule has 0 radical (unpaired) electrons. The Kier molecular flexibility index (Phi) is 7.86. The van der Waals surface area contributed by atoms with Crippen LogP contribution in [-0.4, -0.2) is 9.55 Å². The summed E-state index contributed by atoms with van der Waals surface area (Å²) >= 11 is 0. The number of aryl methyl sites for hydroxylation is 3. The lowest BCUT2D eigenvalue weighted by molar-refractivity contribution is 0.642. The number of benzene rings is 2. The highest BCUT2D eigenvalue weighted by molar-refractivity contribution is 5.57. The first kappa shape index (κ1) is 21.1. The van der Waals surface area contributed by atoms with Crippen LogP contribution in [-0.2, 0) is 19.4 Å². The molecule has 0 saturated heterocycles. The first-order valence-electron chi connectivity index (χ1n) is 11.0. The molecule has 0 amide bonds. The standard InChI is InChI=1S/C27H34N2/c1-4-6-7-8-9-10-13-24-14-11-12-15-26(24)21-29-22(3)20-28-27(29)25-18-16-23(5-2)17-19-25/h4,11-12,14-20H,1,5-10,13,21H2,2-3H3. The molecule has 2 nitrogen and oxygen atoms in total. The van der Waals surface area contributed by atoms with Crippen LogP contribution in [0.5, 0.6) is 0 Å². The highest BCUT2D eigenvalue weighted by atomic mass is 15.1. The van der Waals surface area contributed by atoms with Crippen molar-refractivity contribution in [3.05, 3.63) is 89.8 Å². The van der Waals surface area contributed by atoms with E-state index in [2.05, 4.69) is 73.5 Å². The number of unbranched alkanes of at least 4 members (excludes halogenated alkanes) is 4. The first-order valence-corrected chi connectivity index (χ1v) is 11.0. The van der Waals surface area contributed by atoms with E-state index in [1.165, 1.54) is 53.6 Å². The molecule has 0 atom stereocenters. The molecule has 0 N–H and O–H groups in total. The molecule has 0 fully saturated rings. The van der Waals surface area contributed by atoms with E-state index < -0.39 is 0 Å². The van der Waals surface area contributed by atoms with E-state index in [0.29, 0.717) is 0 Å². The van der Waals surface area contributed by atoms with Crippen LogP contribution in [0.3, 0.4) is 0 Å². The molecule has 0 aliphatic carbocycles. The lowest BCUT2D eigenvalue weighted by atomic mass is 10.00. The van der Waals surface area contributed by atoms with Gasteiger partial charge in [0, 0.05) is 24.0 Å². The Bertz CT molecular complexity index is 903. The van der Waals surface area contributed by atoms with Crippen molar-refractivity contribution in [2.45, 2.75) is 65.3 Å². The Hall–Kier alpha value is -2.61. The van der Waals surface area contributed by atoms with Crippen molar-refractivity contribution < 1.29 is 0 Å². The summed E-state index contributed by atoms with van der Waals surface area (Å²) in [5.41, 5.74) is 6.64. The highest BCUT2D eigenvalue weighted by Crippen LogP contribution is 2.23. The van der Waals surface area contributed by atoms with Gasteiger partial charge >= 0.3 is 0 Å². The zero-order valence-electron chi connectivity index (χ0n) is 18.0. The molecular formula is C27H34N2. The zero-order valence-corrected chi connectivity index (χ0v) is 18.0. The third kappa shape index (κ3) is 5.69. The van der Waals surface area contributed by atoms with E-state index in [-0.39, 0.29) is 0 Å². The quantitative estimate of drug-likeness (QED) is 0.253. The molecule has 152 valence electrons. The smallest absolute Gasteiger partial charge is 0.140 e. The fourth-order valence-corrected chi connectivity index (χ4v) is 3.86. The van der Waals surface area contributed by atoms with Crippen molar-refractivity contribution in [2.75, 3.05) is 0 Å². The molecule has 0 saturated carbocycles. The van der Waals surface area contributed by atoms with E-state index in [0.717, 1.165) is 31.6 Å². The van der Waals surface area contributed by atoms with E-state index in [1.54, 1.807) is 0 Å². The third-order valence-corrected chi connectivity index (χ3v) is 5.73. The maximum absolute atomic E-state index is 4.73. The Morgan fingerprint density at radius 1 is 0.931 bits per heavy atom. The largest absolute Gasteiger partial charge is 0.324 e. The number of nitrogens with zero attached hydrogens (tertiary/aromatic N) is 2. The number of hydrogen-bond acceptors (Lipinski definition) is 1. The molecule has 1 aromatic heterocycles. The van der Waals surface area contributed by atoms with Gasteiger partial charge in [-0.2, -0.15) is 0 Å². The van der Waals surface area contributed by atoms with Crippen molar-refractivity contribution in [1.82, 2.24) is 9.55 Å². The minimum atomic E-state index is 0.878. The Labute approximate surface area is 176 Å². The van der Waals surface area contributed by atoms with Crippen molar-refractivity contribution in [3.63, 3.8) is 0 Å². The number of hydrogen-bond donors (Lipinski definition) is 0. The molecule has 29 heavy (non-hydrogen) atoms. The monoisotopic (exact) mass is 386 g/mol. The lowest BCUT2D eigenvalue weighted by Gasteiger charge is -2.14. The Morgan fingerprint density at radius 2 is 1.66 bits per heavy atom. The van der Waals surface area contributed by atoms with Crippen LogP contribution in [0, 0.1) is 6.92 Å². The highest BCUT2D eigenvalue weighted by Gasteiger charge is 2.12. The summed E-state index contributed by atoms with van der Waals surface area (Å²) in [4.78, 5) is 4.73. The van der Waals surface area contributed by atoms with E-state index in [1.807, 2.05) is 12.3 Å². The molecule has 3 aromatic rings. The average Bonchev–Trinajstić information content (AvgIpc) is 3.12. The van der Waals surface area contributed by atoms with Crippen molar-refractivity contribution in [1.29, 1.82) is 0 Å². The van der Waals surface area contributed by atoms with Gasteiger partial charge in [0.05, 0.1) is 0 Å². The van der Waals surface area contributed by atoms with Crippen molar-refractivity contribution >= 4 is 0 Å². The van der Waals surface area contributed by atoms with Crippen LogP contribution in [0.2, 0.25) is 0 Å². The summed E-state index contributed by atoms with van der Waals surface area (Å²) in [5, 5.41) is 0. The van der Waals surface area contributed by atoms with Crippen molar-refractivity contribution in [3.8, 4) is 11.4 Å². The van der Waals surface area contributed by atoms with Gasteiger partial charge in [-0.05, 0) is 55.7 Å². The molecule has 1 heterocycles. The SMILES string of the molecule is C=CCCCCCCc1ccccc1Cn1c(C)cnc1-c1ccc(CC)cc1. The topological polar surface area (TPSA) is 17.8 Å². The number of allylic oxidation sites excluding steroid dienone is 1. The molecule has 0 aliphatic rings. The molecule has 0 spiro atoms. The van der Waals surface area contributed by atoms with Gasteiger partial charge in [0.15, 0.2) is 0 Å². The summed E-state index contributed by atoms with van der Waals surface area (Å²) in [7, 11) is 0. The molecule has 2 aromatic carbocycles. The minimum absolute atomic E-state index is 0.878. The fourth-order valence-electron chi connectivity index (χ4n) is 3.86. The second-order valence-corrected chi connectivity index (χ2v) is 7.87. The van der Waals surface area contributed by atoms with Crippen molar-refractivity contribution in [2.24, 2.45) is 0 Å². The molecule has 0 bridgehead atoms. The first-order chi connectivity index (χ1) is 14.2. The number of imidazole rings is 1. The number of rotatable bonds is 11. The minimum Gasteiger partial charge on any atom is -0.324 e. The summed E-state index contributed by atoms with van der Waals surface area (Å²) in [5.74, 6) is 1.06. The van der Waals surface area contributed by atoms with Crippen LogP contribution in [0.25, 0.3) is 11.4 Å². The van der Waals surface area contributed by atoms with Crippen LogP contribution in [0.4, 0.5) is 0 Å². The normalized spacial score (nSPS) is 11.0. The van der Waals surface area contributed by atoms with Crippen LogP contribution in [0.1, 0.15) is 61.4 Å². The second kappa shape index (κ2) is 10.8. The summed E-state index contributed by atoms with van der Waals surface area (Å²) in [6.07, 6.45) is 12.5. The lowest BCUT2D eigenvalue weighted by Crippen LogP contribution is -2.07. The van der Waals surface area contributed by atoms with Gasteiger partial charge in [-0.25, -0.2) is 4.98 Å². The predicted octanol–water partition coefficient (Wildman–Crippen LogP) is 7.15. The van der Waals surface area contributed by atoms with Gasteiger partial charge in [0.2, 0.25) is 0 Å². The van der Waals surface area contributed by atoms with E-state index in [9.17, 15) is 0 Å². The average molecular weight is 387 g/mol. The molecular weight excluding hydrogens is 352 g/mol. The van der Waals surface area contributed by atoms with Gasteiger partial charge in [-0.1, -0.05) is 74.4 Å². The van der Waals surface area contributed by atoms with E-state index in [4.69, 9.17) is 4.98 Å². The maximum atomic E-state index is 4.73. The van der Waals surface area contributed by atoms with Crippen LogP contribution < -0.4 is 0 Å².